The maximum absolute atomic E-state index is 12.5. The summed E-state index contributed by atoms with van der Waals surface area (Å²) < 4.78 is 8.80. The van der Waals surface area contributed by atoms with Gasteiger partial charge in [-0.25, -0.2) is 0 Å². The number of para-hydroxylation sites is 1. The molecule has 0 radical (unpaired) electrons. The van der Waals surface area contributed by atoms with Crippen LogP contribution in [-0.4, -0.2) is 49.7 Å². The molecule has 0 aliphatic rings. The van der Waals surface area contributed by atoms with Crippen LogP contribution >= 0.6 is 28.3 Å². The van der Waals surface area contributed by atoms with E-state index in [2.05, 4.69) is 74.3 Å². The number of nitrogens with zero attached hydrogens (tertiary/aromatic N) is 2. The highest BCUT2D eigenvalue weighted by Gasteiger charge is 2.17. The van der Waals surface area contributed by atoms with Crippen molar-refractivity contribution < 1.29 is 9.53 Å². The van der Waals surface area contributed by atoms with Crippen LogP contribution in [0, 0.1) is 0 Å². The van der Waals surface area contributed by atoms with Crippen molar-refractivity contribution in [1.82, 2.24) is 14.8 Å². The van der Waals surface area contributed by atoms with Gasteiger partial charge in [0.15, 0.2) is 0 Å². The quantitative estimate of drug-likeness (QED) is 0.253. The van der Waals surface area contributed by atoms with E-state index in [1.807, 2.05) is 55.4 Å². The van der Waals surface area contributed by atoms with Crippen molar-refractivity contribution in [1.29, 1.82) is 0 Å². The molecule has 0 saturated heterocycles. The highest BCUT2D eigenvalue weighted by atomic mass is 79.9. The molecule has 1 aromatic heterocycles. The number of ether oxygens (including phenoxy) is 1. The Hall–Kier alpha value is -2.90. The number of aromatic nitrogens is 1. The topological polar surface area (TPSA) is 46.5 Å². The van der Waals surface area contributed by atoms with E-state index in [4.69, 9.17) is 4.74 Å². The highest BCUT2D eigenvalue weighted by molar-refractivity contribution is 9.10. The Morgan fingerprint density at radius 1 is 0.889 bits per heavy atom. The van der Waals surface area contributed by atoms with Crippen molar-refractivity contribution in [2.24, 2.45) is 0 Å². The van der Waals surface area contributed by atoms with Crippen molar-refractivity contribution in [2.75, 3.05) is 34.3 Å². The average Bonchev–Trinajstić information content (AvgIpc) is 3.30. The number of rotatable bonds is 9. The molecular formula is C29H31BrClN3O2. The van der Waals surface area contributed by atoms with Gasteiger partial charge in [-0.05, 0) is 67.7 Å². The van der Waals surface area contributed by atoms with Crippen LogP contribution in [0.4, 0.5) is 0 Å². The Kier molecular flexibility index (Phi) is 9.90. The Morgan fingerprint density at radius 3 is 2.06 bits per heavy atom. The second-order valence-electron chi connectivity index (χ2n) is 8.64. The molecule has 1 amide bonds. The maximum Gasteiger partial charge on any atom is 0.251 e. The van der Waals surface area contributed by atoms with Crippen LogP contribution in [0.25, 0.3) is 28.2 Å². The third-order valence-electron chi connectivity index (χ3n) is 5.84. The van der Waals surface area contributed by atoms with Gasteiger partial charge in [0.05, 0.1) is 23.7 Å². The van der Waals surface area contributed by atoms with Crippen molar-refractivity contribution >= 4 is 34.2 Å². The standard InChI is InChI=1S/C29H30BrN3O2.ClH/c1-32(2)19-18-31-29(34)23-10-8-21(9-11-23)27-16-17-28(22-12-14-25(30)15-13-22)33(27)26-7-5-4-6-24(26)20-35-3;/h4-17H,18-20H2,1-3H3,(H,31,34);1H. The number of hydrogen-bond acceptors (Lipinski definition) is 3. The number of carbonyl (C=O) groups is 1. The van der Waals surface area contributed by atoms with Crippen LogP contribution in [-0.2, 0) is 11.3 Å². The number of methoxy groups -OCH3 is 1. The third kappa shape index (κ3) is 6.45. The summed E-state index contributed by atoms with van der Waals surface area (Å²) in [5.74, 6) is -0.0604. The summed E-state index contributed by atoms with van der Waals surface area (Å²) in [5.41, 5.74) is 7.10. The van der Waals surface area contributed by atoms with Crippen molar-refractivity contribution in [2.45, 2.75) is 6.61 Å². The summed E-state index contributed by atoms with van der Waals surface area (Å²) in [5, 5.41) is 2.97. The first kappa shape index (κ1) is 27.7. The summed E-state index contributed by atoms with van der Waals surface area (Å²) in [4.78, 5) is 14.6. The average molecular weight is 569 g/mol. The molecule has 1 heterocycles. The first-order valence-corrected chi connectivity index (χ1v) is 12.4. The Labute approximate surface area is 227 Å². The number of halogens is 2. The summed E-state index contributed by atoms with van der Waals surface area (Å²) in [6, 6.07) is 28.7. The highest BCUT2D eigenvalue weighted by Crippen LogP contribution is 2.34. The van der Waals surface area contributed by atoms with E-state index >= 15 is 0 Å². The van der Waals surface area contributed by atoms with Gasteiger partial charge in [-0.1, -0.05) is 58.4 Å². The molecule has 7 heteroatoms. The Balaban J connectivity index is 0.00000361. The Bertz CT molecular complexity index is 1280. The molecule has 3 aromatic carbocycles. The summed E-state index contributed by atoms with van der Waals surface area (Å²) in [6.07, 6.45) is 0. The molecule has 0 fully saturated rings. The van der Waals surface area contributed by atoms with Crippen LogP contribution in [0.1, 0.15) is 15.9 Å². The van der Waals surface area contributed by atoms with E-state index in [0.29, 0.717) is 18.7 Å². The largest absolute Gasteiger partial charge is 0.380 e. The lowest BCUT2D eigenvalue weighted by Gasteiger charge is -2.18. The fraction of sp³-hybridized carbons (Fsp3) is 0.207. The molecule has 0 saturated carbocycles. The van der Waals surface area contributed by atoms with E-state index in [1.165, 1.54) is 0 Å². The lowest BCUT2D eigenvalue weighted by Crippen LogP contribution is -2.31. The number of carbonyl (C=O) groups excluding carboxylic acids is 1. The summed E-state index contributed by atoms with van der Waals surface area (Å²) in [6.45, 7) is 1.93. The van der Waals surface area contributed by atoms with E-state index in [9.17, 15) is 4.79 Å². The number of nitrogens with one attached hydrogen (secondary N) is 1. The normalized spacial score (nSPS) is 10.8. The first-order valence-electron chi connectivity index (χ1n) is 11.6. The molecule has 188 valence electrons. The van der Waals surface area contributed by atoms with Crippen LogP contribution in [0.5, 0.6) is 0 Å². The van der Waals surface area contributed by atoms with E-state index in [1.54, 1.807) is 7.11 Å². The number of amides is 1. The molecule has 1 N–H and O–H groups in total. The number of benzene rings is 3. The van der Waals surface area contributed by atoms with Crippen LogP contribution in [0.3, 0.4) is 0 Å². The van der Waals surface area contributed by atoms with Gasteiger partial charge in [0.25, 0.3) is 5.91 Å². The molecule has 0 bridgehead atoms. The van der Waals surface area contributed by atoms with Gasteiger partial charge in [-0.3, -0.25) is 4.79 Å². The van der Waals surface area contributed by atoms with E-state index in [0.717, 1.165) is 44.8 Å². The monoisotopic (exact) mass is 567 g/mol. The van der Waals surface area contributed by atoms with Gasteiger partial charge in [0.2, 0.25) is 0 Å². The fourth-order valence-electron chi connectivity index (χ4n) is 4.06. The molecule has 0 atom stereocenters. The van der Waals surface area contributed by atoms with Gasteiger partial charge in [0, 0.05) is 35.8 Å². The summed E-state index contributed by atoms with van der Waals surface area (Å²) >= 11 is 3.54. The molecular weight excluding hydrogens is 538 g/mol. The summed E-state index contributed by atoms with van der Waals surface area (Å²) in [7, 11) is 5.69. The second kappa shape index (κ2) is 12.9. The minimum absolute atomic E-state index is 0. The molecule has 0 spiro atoms. The number of likely N-dealkylation sites (N-methyl/N-ethyl adjacent to an activating group) is 1. The zero-order valence-corrected chi connectivity index (χ0v) is 23.1. The minimum atomic E-state index is -0.0604. The van der Waals surface area contributed by atoms with Crippen molar-refractivity contribution in [3.8, 4) is 28.2 Å². The van der Waals surface area contributed by atoms with E-state index < -0.39 is 0 Å². The molecule has 5 nitrogen and oxygen atoms in total. The van der Waals surface area contributed by atoms with Gasteiger partial charge in [-0.15, -0.1) is 12.4 Å². The van der Waals surface area contributed by atoms with Gasteiger partial charge < -0.3 is 19.5 Å². The molecule has 0 unspecified atom stereocenters. The van der Waals surface area contributed by atoms with Crippen LogP contribution < -0.4 is 5.32 Å². The number of hydrogen-bond donors (Lipinski definition) is 1. The van der Waals surface area contributed by atoms with Crippen molar-refractivity contribution in [3.63, 3.8) is 0 Å². The SMILES string of the molecule is COCc1ccccc1-n1c(-c2ccc(Br)cc2)ccc1-c1ccc(C(=O)NCCN(C)C)cc1.Cl. The zero-order chi connectivity index (χ0) is 24.8. The molecule has 4 rings (SSSR count). The smallest absolute Gasteiger partial charge is 0.251 e. The first-order chi connectivity index (χ1) is 17.0. The zero-order valence-electron chi connectivity index (χ0n) is 20.7. The predicted octanol–water partition coefficient (Wildman–Crippen LogP) is 6.43. The minimum Gasteiger partial charge on any atom is -0.380 e. The molecule has 4 aromatic rings. The third-order valence-corrected chi connectivity index (χ3v) is 6.37. The van der Waals surface area contributed by atoms with Crippen LogP contribution in [0.2, 0.25) is 0 Å². The lowest BCUT2D eigenvalue weighted by molar-refractivity contribution is 0.0951. The Morgan fingerprint density at radius 2 is 1.47 bits per heavy atom. The second-order valence-corrected chi connectivity index (χ2v) is 9.56. The van der Waals surface area contributed by atoms with Crippen molar-refractivity contribution in [3.05, 3.63) is 101 Å². The molecule has 0 aliphatic carbocycles. The molecule has 0 aliphatic heterocycles. The maximum atomic E-state index is 12.5. The lowest BCUT2D eigenvalue weighted by atomic mass is 10.1. The van der Waals surface area contributed by atoms with Gasteiger partial charge in [-0.2, -0.15) is 0 Å². The molecule has 36 heavy (non-hydrogen) atoms. The predicted molar refractivity (Wildman–Crippen MR) is 153 cm³/mol. The van der Waals surface area contributed by atoms with Gasteiger partial charge in [0.1, 0.15) is 0 Å². The fourth-order valence-corrected chi connectivity index (χ4v) is 4.33. The van der Waals surface area contributed by atoms with Gasteiger partial charge >= 0.3 is 0 Å². The van der Waals surface area contributed by atoms with Crippen LogP contribution in [0.15, 0.2) is 89.4 Å². The van der Waals surface area contributed by atoms with E-state index in [-0.39, 0.29) is 18.3 Å².